The molecule has 0 atom stereocenters. The molecule has 0 N–H and O–H groups in total. The Balaban J connectivity index is 2.17. The average Bonchev–Trinajstić information content (AvgIpc) is 3.00. The molecular weight excluding hydrogens is 266 g/mol. The summed E-state index contributed by atoms with van der Waals surface area (Å²) in [5.41, 5.74) is 0. The van der Waals surface area contributed by atoms with Gasteiger partial charge in [-0.1, -0.05) is 6.92 Å². The van der Waals surface area contributed by atoms with Crippen LogP contribution >= 0.6 is 0 Å². The number of sulfonamides is 1. The molecule has 0 saturated carbocycles. The van der Waals surface area contributed by atoms with Crippen LogP contribution in [0.2, 0.25) is 0 Å². The van der Waals surface area contributed by atoms with Crippen LogP contribution in [0.4, 0.5) is 0 Å². The van der Waals surface area contributed by atoms with Gasteiger partial charge in [0.2, 0.25) is 10.0 Å². The minimum Gasteiger partial charge on any atom is -0.468 e. The fraction of sp³-hybridized carbons (Fsp3) is 0.385. The highest BCUT2D eigenvalue weighted by Gasteiger charge is 2.23. The number of furan rings is 2. The largest absolute Gasteiger partial charge is 0.468 e. The fourth-order valence-corrected chi connectivity index (χ4v) is 3.21. The van der Waals surface area contributed by atoms with Gasteiger partial charge in [0.25, 0.3) is 0 Å². The first-order valence-corrected chi connectivity index (χ1v) is 7.75. The van der Waals surface area contributed by atoms with E-state index in [1.165, 1.54) is 16.8 Å². The monoisotopic (exact) mass is 283 g/mol. The van der Waals surface area contributed by atoms with Gasteiger partial charge in [0.15, 0.2) is 0 Å². The Hall–Kier alpha value is -1.53. The molecule has 0 aliphatic heterocycles. The molecule has 2 rings (SSSR count). The lowest BCUT2D eigenvalue weighted by Gasteiger charge is -2.19. The summed E-state index contributed by atoms with van der Waals surface area (Å²) in [5.74, 6) is 1.35. The SMILES string of the molecule is CCCS(=O)(=O)N(Cc1ccco1)Cc1ccco1. The molecule has 0 aliphatic carbocycles. The second-order valence-electron chi connectivity index (χ2n) is 4.24. The van der Waals surface area contributed by atoms with Gasteiger partial charge >= 0.3 is 0 Å². The van der Waals surface area contributed by atoms with Crippen LogP contribution < -0.4 is 0 Å². The minimum absolute atomic E-state index is 0.119. The number of hydrogen-bond donors (Lipinski definition) is 0. The summed E-state index contributed by atoms with van der Waals surface area (Å²) in [4.78, 5) is 0. The predicted molar refractivity (Wildman–Crippen MR) is 70.7 cm³/mol. The number of hydrogen-bond acceptors (Lipinski definition) is 4. The molecule has 2 aromatic rings. The zero-order valence-electron chi connectivity index (χ0n) is 10.8. The third-order valence-corrected chi connectivity index (χ3v) is 4.65. The molecule has 2 heterocycles. The molecule has 0 aromatic carbocycles. The standard InChI is InChI=1S/C13H17NO4S/c1-2-9-19(15,16)14(10-12-5-3-7-17-12)11-13-6-4-8-18-13/h3-8H,2,9-11H2,1H3. The van der Waals surface area contributed by atoms with E-state index >= 15 is 0 Å². The van der Waals surface area contributed by atoms with Crippen molar-refractivity contribution in [3.05, 3.63) is 48.3 Å². The first-order valence-electron chi connectivity index (χ1n) is 6.14. The van der Waals surface area contributed by atoms with Crippen molar-refractivity contribution < 1.29 is 17.3 Å². The summed E-state index contributed by atoms with van der Waals surface area (Å²) in [5, 5.41) is 0. The van der Waals surface area contributed by atoms with Crippen molar-refractivity contribution in [3.63, 3.8) is 0 Å². The van der Waals surface area contributed by atoms with Crippen LogP contribution in [-0.4, -0.2) is 18.5 Å². The van der Waals surface area contributed by atoms with E-state index in [0.29, 0.717) is 17.9 Å². The van der Waals surface area contributed by atoms with E-state index in [0.717, 1.165) is 0 Å². The van der Waals surface area contributed by atoms with E-state index < -0.39 is 10.0 Å². The molecule has 6 heteroatoms. The molecule has 0 radical (unpaired) electrons. The molecule has 0 amide bonds. The summed E-state index contributed by atoms with van der Waals surface area (Å²) in [7, 11) is -3.31. The van der Waals surface area contributed by atoms with Crippen molar-refractivity contribution in [1.82, 2.24) is 4.31 Å². The highest BCUT2D eigenvalue weighted by molar-refractivity contribution is 7.89. The Morgan fingerprint density at radius 1 is 1.05 bits per heavy atom. The molecule has 0 spiro atoms. The van der Waals surface area contributed by atoms with Gasteiger partial charge in [-0.3, -0.25) is 0 Å². The van der Waals surface area contributed by atoms with E-state index in [9.17, 15) is 8.42 Å². The van der Waals surface area contributed by atoms with Gasteiger partial charge in [-0.25, -0.2) is 8.42 Å². The summed E-state index contributed by atoms with van der Waals surface area (Å²) in [6, 6.07) is 7.01. The van der Waals surface area contributed by atoms with Crippen molar-refractivity contribution in [1.29, 1.82) is 0 Å². The molecule has 0 aliphatic rings. The summed E-state index contributed by atoms with van der Waals surface area (Å²) < 4.78 is 36.3. The average molecular weight is 283 g/mol. The Labute approximate surface area is 112 Å². The van der Waals surface area contributed by atoms with E-state index in [2.05, 4.69) is 0 Å². The van der Waals surface area contributed by atoms with Crippen molar-refractivity contribution in [2.45, 2.75) is 26.4 Å². The fourth-order valence-electron chi connectivity index (χ4n) is 1.79. The van der Waals surface area contributed by atoms with Crippen LogP contribution in [0.25, 0.3) is 0 Å². The zero-order chi connectivity index (χ0) is 13.7. The Morgan fingerprint density at radius 2 is 1.58 bits per heavy atom. The van der Waals surface area contributed by atoms with Crippen molar-refractivity contribution >= 4 is 10.0 Å². The van der Waals surface area contributed by atoms with E-state index in [4.69, 9.17) is 8.83 Å². The molecule has 0 unspecified atom stereocenters. The van der Waals surface area contributed by atoms with Gasteiger partial charge in [0, 0.05) is 0 Å². The molecular formula is C13H17NO4S. The molecule has 5 nitrogen and oxygen atoms in total. The van der Waals surface area contributed by atoms with Gasteiger partial charge in [0.1, 0.15) is 11.5 Å². The van der Waals surface area contributed by atoms with Gasteiger partial charge in [0.05, 0.1) is 31.4 Å². The molecule has 0 saturated heterocycles. The second kappa shape index (κ2) is 6.08. The van der Waals surface area contributed by atoms with Crippen LogP contribution in [0, 0.1) is 0 Å². The van der Waals surface area contributed by atoms with Crippen LogP contribution in [0.3, 0.4) is 0 Å². The highest BCUT2D eigenvalue weighted by Crippen LogP contribution is 2.16. The van der Waals surface area contributed by atoms with Crippen LogP contribution in [0.5, 0.6) is 0 Å². The minimum atomic E-state index is -3.31. The maximum Gasteiger partial charge on any atom is 0.214 e. The third kappa shape index (κ3) is 3.71. The quantitative estimate of drug-likeness (QED) is 0.783. The van der Waals surface area contributed by atoms with Gasteiger partial charge < -0.3 is 8.83 Å². The zero-order valence-corrected chi connectivity index (χ0v) is 11.6. The normalized spacial score (nSPS) is 12.1. The topological polar surface area (TPSA) is 63.7 Å². The van der Waals surface area contributed by atoms with E-state index in [1.54, 1.807) is 24.3 Å². The van der Waals surface area contributed by atoms with Gasteiger partial charge in [-0.15, -0.1) is 0 Å². The smallest absolute Gasteiger partial charge is 0.214 e. The number of nitrogens with zero attached hydrogens (tertiary/aromatic N) is 1. The maximum absolute atomic E-state index is 12.2. The first-order chi connectivity index (χ1) is 9.12. The first kappa shape index (κ1) is 13.9. The van der Waals surface area contributed by atoms with Gasteiger partial charge in [-0.05, 0) is 30.7 Å². The van der Waals surface area contributed by atoms with Crippen molar-refractivity contribution in [2.75, 3.05) is 5.75 Å². The summed E-state index contributed by atoms with van der Waals surface area (Å²) >= 11 is 0. The Morgan fingerprint density at radius 3 is 1.95 bits per heavy atom. The Bertz CT molecular complexity index is 536. The lowest BCUT2D eigenvalue weighted by molar-refractivity contribution is 0.330. The molecule has 0 fully saturated rings. The van der Waals surface area contributed by atoms with Crippen LogP contribution in [-0.2, 0) is 23.1 Å². The lowest BCUT2D eigenvalue weighted by atomic mass is 10.4. The second-order valence-corrected chi connectivity index (χ2v) is 6.33. The van der Waals surface area contributed by atoms with E-state index in [-0.39, 0.29) is 18.8 Å². The Kier molecular flexibility index (Phi) is 4.44. The van der Waals surface area contributed by atoms with Gasteiger partial charge in [-0.2, -0.15) is 4.31 Å². The van der Waals surface area contributed by atoms with Crippen molar-refractivity contribution in [3.8, 4) is 0 Å². The molecule has 0 bridgehead atoms. The highest BCUT2D eigenvalue weighted by atomic mass is 32.2. The predicted octanol–water partition coefficient (Wildman–Crippen LogP) is 2.61. The third-order valence-electron chi connectivity index (χ3n) is 2.68. The maximum atomic E-state index is 12.2. The summed E-state index contributed by atoms with van der Waals surface area (Å²) in [6.45, 7) is 2.28. The van der Waals surface area contributed by atoms with Crippen LogP contribution in [0.15, 0.2) is 45.6 Å². The summed E-state index contributed by atoms with van der Waals surface area (Å²) in [6.07, 6.45) is 3.65. The van der Waals surface area contributed by atoms with Crippen molar-refractivity contribution in [2.24, 2.45) is 0 Å². The molecule has 104 valence electrons. The van der Waals surface area contributed by atoms with E-state index in [1.807, 2.05) is 6.92 Å². The molecule has 19 heavy (non-hydrogen) atoms. The van der Waals surface area contributed by atoms with Crippen LogP contribution in [0.1, 0.15) is 24.9 Å². The molecule has 2 aromatic heterocycles. The lowest BCUT2D eigenvalue weighted by Crippen LogP contribution is -2.31. The number of rotatable bonds is 7.